The maximum atomic E-state index is 12.4. The molecule has 25 heavy (non-hydrogen) atoms. The van der Waals surface area contributed by atoms with Gasteiger partial charge in [0.25, 0.3) is 0 Å². The molecule has 0 radical (unpaired) electrons. The largest absolute Gasteiger partial charge is 0.352 e. The van der Waals surface area contributed by atoms with Crippen LogP contribution in [0.2, 0.25) is 0 Å². The van der Waals surface area contributed by atoms with Crippen LogP contribution < -0.4 is 11.1 Å². The van der Waals surface area contributed by atoms with Crippen LogP contribution in [0.1, 0.15) is 44.2 Å². The van der Waals surface area contributed by atoms with E-state index in [9.17, 15) is 4.79 Å². The van der Waals surface area contributed by atoms with Gasteiger partial charge in [0.15, 0.2) is 0 Å². The van der Waals surface area contributed by atoms with Gasteiger partial charge in [-0.3, -0.25) is 9.69 Å². The Bertz CT molecular complexity index is 525. The van der Waals surface area contributed by atoms with Gasteiger partial charge in [0.1, 0.15) is 0 Å². The molecule has 1 aliphatic rings. The highest BCUT2D eigenvalue weighted by Crippen LogP contribution is 2.31. The number of nitrogens with zero attached hydrogens (tertiary/aromatic N) is 1. The van der Waals surface area contributed by atoms with E-state index in [1.165, 1.54) is 5.56 Å². The standard InChI is InChI=1S/C19H31N3O.2ClH/c1-14(2)22(3)13-16-7-4-6-15(10-16)12-21-19(23)18-9-5-8-17(18)11-20;;/h4,6-7,10,14,17-18H,5,8-9,11-13,20H2,1-3H3,(H,21,23);2*1H/t17-,18-;;/m1../s1. The second-order valence-electron chi connectivity index (χ2n) is 7.08. The second kappa shape index (κ2) is 11.7. The fraction of sp³-hybridized carbons (Fsp3) is 0.632. The number of hydrogen-bond acceptors (Lipinski definition) is 3. The Labute approximate surface area is 164 Å². The molecule has 6 heteroatoms. The van der Waals surface area contributed by atoms with E-state index in [0.29, 0.717) is 25.0 Å². The van der Waals surface area contributed by atoms with Crippen molar-refractivity contribution in [2.75, 3.05) is 13.6 Å². The predicted octanol–water partition coefficient (Wildman–Crippen LogP) is 3.36. The zero-order chi connectivity index (χ0) is 16.8. The van der Waals surface area contributed by atoms with Crippen molar-refractivity contribution in [2.45, 2.75) is 52.2 Å². The average molecular weight is 390 g/mol. The van der Waals surface area contributed by atoms with Crippen LogP contribution in [0.3, 0.4) is 0 Å². The number of carbonyl (C=O) groups excluding carboxylic acids is 1. The molecule has 2 rings (SSSR count). The first kappa shape index (κ1) is 24.2. The first-order valence-electron chi connectivity index (χ1n) is 8.77. The van der Waals surface area contributed by atoms with E-state index < -0.39 is 0 Å². The van der Waals surface area contributed by atoms with E-state index in [1.807, 2.05) is 0 Å². The maximum Gasteiger partial charge on any atom is 0.223 e. The molecule has 0 aromatic heterocycles. The summed E-state index contributed by atoms with van der Waals surface area (Å²) in [5.74, 6) is 0.638. The van der Waals surface area contributed by atoms with Crippen molar-refractivity contribution in [1.29, 1.82) is 0 Å². The van der Waals surface area contributed by atoms with Crippen LogP contribution >= 0.6 is 24.8 Å². The first-order chi connectivity index (χ1) is 11.0. The van der Waals surface area contributed by atoms with Gasteiger partial charge in [-0.2, -0.15) is 0 Å². The lowest BCUT2D eigenvalue weighted by Gasteiger charge is -2.21. The van der Waals surface area contributed by atoms with Crippen molar-refractivity contribution in [1.82, 2.24) is 10.2 Å². The summed E-state index contributed by atoms with van der Waals surface area (Å²) in [7, 11) is 2.13. The Hall–Kier alpha value is -0.810. The summed E-state index contributed by atoms with van der Waals surface area (Å²) in [6.45, 7) is 6.54. The Morgan fingerprint density at radius 2 is 1.96 bits per heavy atom. The van der Waals surface area contributed by atoms with Crippen molar-refractivity contribution in [3.8, 4) is 0 Å². The van der Waals surface area contributed by atoms with Gasteiger partial charge in [0.2, 0.25) is 5.91 Å². The van der Waals surface area contributed by atoms with Crippen LogP contribution in [-0.2, 0) is 17.9 Å². The molecule has 1 aliphatic carbocycles. The zero-order valence-electron chi connectivity index (χ0n) is 15.5. The van der Waals surface area contributed by atoms with Gasteiger partial charge in [0, 0.05) is 25.0 Å². The summed E-state index contributed by atoms with van der Waals surface area (Å²) in [5.41, 5.74) is 8.22. The molecule has 1 aromatic rings. The second-order valence-corrected chi connectivity index (χ2v) is 7.08. The van der Waals surface area contributed by atoms with Crippen molar-refractivity contribution >= 4 is 30.7 Å². The fourth-order valence-electron chi connectivity index (χ4n) is 3.29. The molecule has 0 unspecified atom stereocenters. The number of nitrogens with two attached hydrogens (primary N) is 1. The number of halogens is 2. The molecule has 1 amide bonds. The highest BCUT2D eigenvalue weighted by atomic mass is 35.5. The SMILES string of the molecule is CC(C)N(C)Cc1cccc(CNC(=O)[C@@H]2CCC[C@@H]2CN)c1.Cl.Cl. The van der Waals surface area contributed by atoms with Gasteiger partial charge in [-0.15, -0.1) is 24.8 Å². The van der Waals surface area contributed by atoms with Gasteiger partial charge >= 0.3 is 0 Å². The summed E-state index contributed by atoms with van der Waals surface area (Å²) in [4.78, 5) is 14.7. The van der Waals surface area contributed by atoms with Crippen molar-refractivity contribution in [3.05, 3.63) is 35.4 Å². The Balaban J connectivity index is 0.00000288. The highest BCUT2D eigenvalue weighted by Gasteiger charge is 2.31. The third-order valence-corrected chi connectivity index (χ3v) is 5.07. The monoisotopic (exact) mass is 389 g/mol. The van der Waals surface area contributed by atoms with Crippen LogP contribution in [0.25, 0.3) is 0 Å². The van der Waals surface area contributed by atoms with Crippen molar-refractivity contribution in [2.24, 2.45) is 17.6 Å². The summed E-state index contributed by atoms with van der Waals surface area (Å²) in [6, 6.07) is 9.01. The zero-order valence-corrected chi connectivity index (χ0v) is 17.2. The lowest BCUT2D eigenvalue weighted by molar-refractivity contribution is -0.126. The lowest BCUT2D eigenvalue weighted by Crippen LogP contribution is -2.34. The molecule has 1 saturated carbocycles. The molecular weight excluding hydrogens is 357 g/mol. The van der Waals surface area contributed by atoms with Crippen LogP contribution in [0.4, 0.5) is 0 Å². The number of nitrogens with one attached hydrogen (secondary N) is 1. The topological polar surface area (TPSA) is 58.4 Å². The Kier molecular flexibility index (Phi) is 11.4. The fourth-order valence-corrected chi connectivity index (χ4v) is 3.29. The number of benzene rings is 1. The van der Waals surface area contributed by atoms with Gasteiger partial charge < -0.3 is 11.1 Å². The number of amides is 1. The summed E-state index contributed by atoms with van der Waals surface area (Å²) in [5, 5.41) is 3.10. The molecule has 1 fully saturated rings. The van der Waals surface area contributed by atoms with Crippen LogP contribution in [-0.4, -0.2) is 30.4 Å². The Morgan fingerprint density at radius 1 is 1.28 bits per heavy atom. The van der Waals surface area contributed by atoms with Crippen molar-refractivity contribution < 1.29 is 4.79 Å². The highest BCUT2D eigenvalue weighted by molar-refractivity contribution is 5.85. The maximum absolute atomic E-state index is 12.4. The van der Waals surface area contributed by atoms with Gasteiger partial charge in [-0.1, -0.05) is 30.7 Å². The molecule has 4 nitrogen and oxygen atoms in total. The molecule has 144 valence electrons. The van der Waals surface area contributed by atoms with E-state index in [2.05, 4.69) is 55.4 Å². The van der Waals surface area contributed by atoms with Gasteiger partial charge in [-0.05, 0) is 57.3 Å². The smallest absolute Gasteiger partial charge is 0.223 e. The number of rotatable bonds is 7. The minimum absolute atomic E-state index is 0. The van der Waals surface area contributed by atoms with Crippen LogP contribution in [0.5, 0.6) is 0 Å². The van der Waals surface area contributed by atoms with E-state index in [0.717, 1.165) is 31.4 Å². The van der Waals surface area contributed by atoms with Gasteiger partial charge in [0.05, 0.1) is 0 Å². The minimum atomic E-state index is 0. The molecule has 0 bridgehead atoms. The predicted molar refractivity (Wildman–Crippen MR) is 109 cm³/mol. The molecule has 0 saturated heterocycles. The summed E-state index contributed by atoms with van der Waals surface area (Å²) >= 11 is 0. The first-order valence-corrected chi connectivity index (χ1v) is 8.77. The van der Waals surface area contributed by atoms with Crippen molar-refractivity contribution in [3.63, 3.8) is 0 Å². The molecule has 0 spiro atoms. The molecule has 0 heterocycles. The Morgan fingerprint density at radius 3 is 2.60 bits per heavy atom. The molecule has 1 aromatic carbocycles. The third-order valence-electron chi connectivity index (χ3n) is 5.07. The van der Waals surface area contributed by atoms with E-state index in [1.54, 1.807) is 0 Å². The van der Waals surface area contributed by atoms with E-state index in [4.69, 9.17) is 5.73 Å². The molecule has 3 N–H and O–H groups in total. The molecule has 0 aliphatic heterocycles. The minimum Gasteiger partial charge on any atom is -0.352 e. The van der Waals surface area contributed by atoms with Gasteiger partial charge in [-0.25, -0.2) is 0 Å². The van der Waals surface area contributed by atoms with E-state index in [-0.39, 0.29) is 36.6 Å². The normalized spacial score (nSPS) is 19.4. The number of hydrogen-bond donors (Lipinski definition) is 2. The molecular formula is C19H33Cl2N3O. The van der Waals surface area contributed by atoms with E-state index >= 15 is 0 Å². The quantitative estimate of drug-likeness (QED) is 0.751. The average Bonchev–Trinajstić information content (AvgIpc) is 3.01. The molecule has 2 atom stereocenters. The number of carbonyl (C=O) groups is 1. The summed E-state index contributed by atoms with van der Waals surface area (Å²) < 4.78 is 0. The summed E-state index contributed by atoms with van der Waals surface area (Å²) in [6.07, 6.45) is 3.19. The third kappa shape index (κ3) is 7.14. The lowest BCUT2D eigenvalue weighted by atomic mass is 9.95. The van der Waals surface area contributed by atoms with Crippen LogP contribution in [0.15, 0.2) is 24.3 Å². The van der Waals surface area contributed by atoms with Crippen LogP contribution in [0, 0.1) is 11.8 Å².